The van der Waals surface area contributed by atoms with Crippen LogP contribution in [0.15, 0.2) is 10.7 Å². The number of likely N-dealkylation sites (N-methyl/N-ethyl adjacent to an activating group) is 2. The molecular formula is C15H27BrN4. The zero-order chi connectivity index (χ0) is 14.8. The van der Waals surface area contributed by atoms with Crippen LogP contribution in [-0.2, 0) is 6.54 Å². The van der Waals surface area contributed by atoms with E-state index in [9.17, 15) is 0 Å². The molecule has 0 aromatic carbocycles. The lowest BCUT2D eigenvalue weighted by Gasteiger charge is -2.48. The molecule has 4 nitrogen and oxygen atoms in total. The number of aryl methyl sites for hydroxylation is 1. The SMILES string of the molecule is CCn1ncc(Br)c1C(NC)C1(N(C)C)CCCCC1. The van der Waals surface area contributed by atoms with Gasteiger partial charge in [0.15, 0.2) is 0 Å². The van der Waals surface area contributed by atoms with Gasteiger partial charge in [-0.2, -0.15) is 5.10 Å². The third-order valence-electron chi connectivity index (χ3n) is 4.84. The summed E-state index contributed by atoms with van der Waals surface area (Å²) in [5.41, 5.74) is 1.47. The van der Waals surface area contributed by atoms with Gasteiger partial charge < -0.3 is 10.2 Å². The van der Waals surface area contributed by atoms with Crippen molar-refractivity contribution >= 4 is 15.9 Å². The molecule has 0 aliphatic heterocycles. The van der Waals surface area contributed by atoms with Crippen molar-refractivity contribution in [3.8, 4) is 0 Å². The van der Waals surface area contributed by atoms with E-state index in [2.05, 4.69) is 64.0 Å². The van der Waals surface area contributed by atoms with E-state index in [0.29, 0.717) is 6.04 Å². The summed E-state index contributed by atoms with van der Waals surface area (Å²) in [6.45, 7) is 3.06. The van der Waals surface area contributed by atoms with Crippen LogP contribution in [0.1, 0.15) is 50.8 Å². The standard InChI is InChI=1S/C15H27BrN4/c1-5-20-13(12(16)11-18-20)14(17-2)15(19(3)4)9-7-6-8-10-15/h11,14,17H,5-10H2,1-4H3. The molecule has 2 rings (SSSR count). The first-order valence-electron chi connectivity index (χ1n) is 7.62. The van der Waals surface area contributed by atoms with Crippen LogP contribution in [-0.4, -0.2) is 41.4 Å². The molecule has 0 amide bonds. The molecule has 0 spiro atoms. The number of aromatic nitrogens is 2. The second-order valence-corrected chi connectivity index (χ2v) is 6.83. The Kier molecular flexibility index (Phi) is 5.26. The molecule has 1 aliphatic carbocycles. The first-order valence-corrected chi connectivity index (χ1v) is 8.42. The van der Waals surface area contributed by atoms with E-state index < -0.39 is 0 Å². The van der Waals surface area contributed by atoms with Gasteiger partial charge in [0.25, 0.3) is 0 Å². The van der Waals surface area contributed by atoms with Crippen molar-refractivity contribution in [2.75, 3.05) is 21.1 Å². The Labute approximate surface area is 131 Å². The summed E-state index contributed by atoms with van der Waals surface area (Å²) in [4.78, 5) is 2.42. The largest absolute Gasteiger partial charge is 0.310 e. The molecule has 0 radical (unpaired) electrons. The molecular weight excluding hydrogens is 316 g/mol. The molecule has 0 saturated heterocycles. The summed E-state index contributed by atoms with van der Waals surface area (Å²) < 4.78 is 3.23. The summed E-state index contributed by atoms with van der Waals surface area (Å²) >= 11 is 3.70. The highest BCUT2D eigenvalue weighted by Gasteiger charge is 2.43. The minimum atomic E-state index is 0.183. The Hall–Kier alpha value is -0.390. The summed E-state index contributed by atoms with van der Waals surface area (Å²) in [6, 6.07) is 0.301. The number of hydrogen-bond donors (Lipinski definition) is 1. The lowest BCUT2D eigenvalue weighted by atomic mass is 9.74. The molecule has 1 aliphatic rings. The van der Waals surface area contributed by atoms with E-state index in [1.54, 1.807) is 0 Å². The van der Waals surface area contributed by atoms with Gasteiger partial charge in [0.2, 0.25) is 0 Å². The molecule has 20 heavy (non-hydrogen) atoms. The first-order chi connectivity index (χ1) is 9.56. The van der Waals surface area contributed by atoms with Crippen LogP contribution in [0.5, 0.6) is 0 Å². The summed E-state index contributed by atoms with van der Waals surface area (Å²) in [6.07, 6.45) is 8.40. The van der Waals surface area contributed by atoms with Gasteiger partial charge in [-0.25, -0.2) is 0 Å². The summed E-state index contributed by atoms with van der Waals surface area (Å²) in [7, 11) is 6.51. The van der Waals surface area contributed by atoms with E-state index in [4.69, 9.17) is 0 Å². The molecule has 1 atom stereocenters. The van der Waals surface area contributed by atoms with Gasteiger partial charge >= 0.3 is 0 Å². The molecule has 1 saturated carbocycles. The molecule has 0 bridgehead atoms. The highest BCUT2D eigenvalue weighted by molar-refractivity contribution is 9.10. The van der Waals surface area contributed by atoms with Crippen molar-refractivity contribution in [2.45, 2.75) is 57.2 Å². The Morgan fingerprint density at radius 2 is 2.05 bits per heavy atom. The summed E-state index contributed by atoms with van der Waals surface area (Å²) in [5, 5.41) is 8.08. The molecule has 1 fully saturated rings. The van der Waals surface area contributed by atoms with E-state index in [1.165, 1.54) is 37.8 Å². The van der Waals surface area contributed by atoms with Crippen LogP contribution < -0.4 is 5.32 Å². The minimum absolute atomic E-state index is 0.183. The third-order valence-corrected chi connectivity index (χ3v) is 5.45. The topological polar surface area (TPSA) is 33.1 Å². The van der Waals surface area contributed by atoms with Gasteiger partial charge in [-0.05, 0) is 56.8 Å². The Balaban J connectivity index is 2.45. The molecule has 1 aromatic rings. The monoisotopic (exact) mass is 342 g/mol. The van der Waals surface area contributed by atoms with Crippen molar-refractivity contribution in [1.29, 1.82) is 0 Å². The van der Waals surface area contributed by atoms with Gasteiger partial charge in [-0.3, -0.25) is 4.68 Å². The molecule has 1 heterocycles. The van der Waals surface area contributed by atoms with Gasteiger partial charge in [0.1, 0.15) is 0 Å². The van der Waals surface area contributed by atoms with Crippen LogP contribution in [0.25, 0.3) is 0 Å². The highest BCUT2D eigenvalue weighted by Crippen LogP contribution is 2.43. The molecule has 114 valence electrons. The Morgan fingerprint density at radius 1 is 1.40 bits per heavy atom. The zero-order valence-corrected chi connectivity index (χ0v) is 14.7. The van der Waals surface area contributed by atoms with Crippen LogP contribution in [0.3, 0.4) is 0 Å². The molecule has 5 heteroatoms. The number of nitrogens with zero attached hydrogens (tertiary/aromatic N) is 3. The molecule has 1 aromatic heterocycles. The van der Waals surface area contributed by atoms with Crippen LogP contribution in [0, 0.1) is 0 Å². The van der Waals surface area contributed by atoms with Gasteiger partial charge in [0.05, 0.1) is 22.4 Å². The quantitative estimate of drug-likeness (QED) is 0.891. The number of hydrogen-bond acceptors (Lipinski definition) is 3. The fourth-order valence-corrected chi connectivity index (χ4v) is 4.25. The maximum Gasteiger partial charge on any atom is 0.0714 e. The van der Waals surface area contributed by atoms with Crippen molar-refractivity contribution in [1.82, 2.24) is 20.0 Å². The van der Waals surface area contributed by atoms with Crippen LogP contribution >= 0.6 is 15.9 Å². The lowest BCUT2D eigenvalue weighted by Crippen LogP contribution is -2.54. The maximum absolute atomic E-state index is 4.50. The van der Waals surface area contributed by atoms with Crippen molar-refractivity contribution in [3.05, 3.63) is 16.4 Å². The van der Waals surface area contributed by atoms with Crippen LogP contribution in [0.4, 0.5) is 0 Å². The highest BCUT2D eigenvalue weighted by atomic mass is 79.9. The van der Waals surface area contributed by atoms with Gasteiger partial charge in [0, 0.05) is 12.1 Å². The normalized spacial score (nSPS) is 20.3. The van der Waals surface area contributed by atoms with E-state index in [0.717, 1.165) is 11.0 Å². The van der Waals surface area contributed by atoms with Crippen LogP contribution in [0.2, 0.25) is 0 Å². The van der Waals surface area contributed by atoms with Crippen molar-refractivity contribution < 1.29 is 0 Å². The third kappa shape index (κ3) is 2.68. The van der Waals surface area contributed by atoms with Crippen molar-refractivity contribution in [3.63, 3.8) is 0 Å². The lowest BCUT2D eigenvalue weighted by molar-refractivity contribution is 0.0558. The average Bonchev–Trinajstić information content (AvgIpc) is 2.82. The molecule has 1 N–H and O–H groups in total. The van der Waals surface area contributed by atoms with Gasteiger partial charge in [-0.15, -0.1) is 0 Å². The number of halogens is 1. The smallest absolute Gasteiger partial charge is 0.0714 e. The first kappa shape index (κ1) is 16.0. The Morgan fingerprint density at radius 3 is 2.55 bits per heavy atom. The second kappa shape index (κ2) is 6.58. The predicted molar refractivity (Wildman–Crippen MR) is 86.9 cm³/mol. The number of rotatable bonds is 5. The molecule has 1 unspecified atom stereocenters. The van der Waals surface area contributed by atoms with E-state index in [-0.39, 0.29) is 5.54 Å². The van der Waals surface area contributed by atoms with E-state index >= 15 is 0 Å². The average molecular weight is 343 g/mol. The predicted octanol–water partition coefficient (Wildman–Crippen LogP) is 3.19. The van der Waals surface area contributed by atoms with E-state index in [1.807, 2.05) is 6.20 Å². The fourth-order valence-electron chi connectivity index (χ4n) is 3.73. The van der Waals surface area contributed by atoms with Gasteiger partial charge in [-0.1, -0.05) is 19.3 Å². The second-order valence-electron chi connectivity index (χ2n) is 5.97. The fraction of sp³-hybridized carbons (Fsp3) is 0.800. The zero-order valence-electron chi connectivity index (χ0n) is 13.1. The minimum Gasteiger partial charge on any atom is -0.310 e. The number of nitrogens with one attached hydrogen (secondary N) is 1. The maximum atomic E-state index is 4.50. The Bertz CT molecular complexity index is 435. The summed E-state index contributed by atoms with van der Waals surface area (Å²) in [5.74, 6) is 0. The van der Waals surface area contributed by atoms with Crippen molar-refractivity contribution in [2.24, 2.45) is 0 Å².